The Bertz CT molecular complexity index is 384. The maximum absolute atomic E-state index is 5.51. The van der Waals surface area contributed by atoms with E-state index >= 15 is 0 Å². The third kappa shape index (κ3) is 2.59. The summed E-state index contributed by atoms with van der Waals surface area (Å²) in [4.78, 5) is 4.25. The van der Waals surface area contributed by atoms with Gasteiger partial charge in [-0.15, -0.1) is 0 Å². The highest BCUT2D eigenvalue weighted by Gasteiger charge is 2.34. The van der Waals surface area contributed by atoms with Gasteiger partial charge in [-0.05, 0) is 45.1 Å². The van der Waals surface area contributed by atoms with Crippen molar-refractivity contribution in [3.8, 4) is 0 Å². The molecule has 2 fully saturated rings. The fourth-order valence-electron chi connectivity index (χ4n) is 3.50. The minimum absolute atomic E-state index is 0.632. The van der Waals surface area contributed by atoms with Gasteiger partial charge < -0.3 is 15.1 Å². The number of oxazole rings is 1. The van der Waals surface area contributed by atoms with E-state index in [2.05, 4.69) is 15.6 Å². The van der Waals surface area contributed by atoms with Crippen LogP contribution < -0.4 is 10.6 Å². The molecule has 3 unspecified atom stereocenters. The number of nitrogens with zero attached hydrogens (tertiary/aromatic N) is 1. The molecule has 4 heteroatoms. The van der Waals surface area contributed by atoms with Crippen LogP contribution >= 0.6 is 0 Å². The number of rotatable bonds is 4. The Hall–Kier alpha value is -0.870. The van der Waals surface area contributed by atoms with Crippen LogP contribution in [0.1, 0.15) is 43.8 Å². The first-order chi connectivity index (χ1) is 8.83. The molecule has 1 aromatic rings. The molecule has 0 bridgehead atoms. The number of hydrogen-bond acceptors (Lipinski definition) is 4. The molecule has 1 aliphatic carbocycles. The Balaban J connectivity index is 1.54. The standard InChI is InChI=1S/C14H23N3O/c1-10-8-17-14(18-10)9-16-13-5-2-4-11(13)12-6-3-7-15-12/h8,11-13,15-16H,2-7,9H2,1H3. The number of nitrogens with one attached hydrogen (secondary N) is 2. The molecule has 1 saturated heterocycles. The van der Waals surface area contributed by atoms with Gasteiger partial charge in [-0.2, -0.15) is 0 Å². The van der Waals surface area contributed by atoms with E-state index in [1.807, 2.05) is 6.92 Å². The fourth-order valence-corrected chi connectivity index (χ4v) is 3.50. The van der Waals surface area contributed by atoms with Crippen LogP contribution in [0.5, 0.6) is 0 Å². The molecule has 1 aliphatic heterocycles. The van der Waals surface area contributed by atoms with Gasteiger partial charge in [0.05, 0.1) is 12.7 Å². The van der Waals surface area contributed by atoms with Crippen molar-refractivity contribution < 1.29 is 4.42 Å². The van der Waals surface area contributed by atoms with Crippen molar-refractivity contribution in [1.29, 1.82) is 0 Å². The number of aromatic nitrogens is 1. The second-order valence-electron chi connectivity index (χ2n) is 5.65. The zero-order valence-corrected chi connectivity index (χ0v) is 11.1. The monoisotopic (exact) mass is 249 g/mol. The molecule has 4 nitrogen and oxygen atoms in total. The topological polar surface area (TPSA) is 50.1 Å². The quantitative estimate of drug-likeness (QED) is 0.857. The minimum atomic E-state index is 0.632. The Kier molecular flexibility index (Phi) is 3.66. The van der Waals surface area contributed by atoms with Gasteiger partial charge in [-0.3, -0.25) is 0 Å². The molecule has 2 aliphatic rings. The Morgan fingerprint density at radius 1 is 1.39 bits per heavy atom. The predicted octanol–water partition coefficient (Wildman–Crippen LogP) is 1.99. The van der Waals surface area contributed by atoms with Crippen molar-refractivity contribution in [3.63, 3.8) is 0 Å². The van der Waals surface area contributed by atoms with Crippen molar-refractivity contribution in [2.75, 3.05) is 6.54 Å². The Morgan fingerprint density at radius 2 is 2.33 bits per heavy atom. The predicted molar refractivity (Wildman–Crippen MR) is 70.2 cm³/mol. The molecule has 0 spiro atoms. The van der Waals surface area contributed by atoms with E-state index < -0.39 is 0 Å². The van der Waals surface area contributed by atoms with Gasteiger partial charge in [-0.1, -0.05) is 6.42 Å². The van der Waals surface area contributed by atoms with E-state index in [0.29, 0.717) is 6.04 Å². The fraction of sp³-hybridized carbons (Fsp3) is 0.786. The first kappa shape index (κ1) is 12.2. The Labute approximate surface area is 109 Å². The SMILES string of the molecule is Cc1cnc(CNC2CCCC2C2CCCN2)o1. The molecule has 100 valence electrons. The highest BCUT2D eigenvalue weighted by atomic mass is 16.4. The summed E-state index contributed by atoms with van der Waals surface area (Å²) in [6.45, 7) is 3.91. The van der Waals surface area contributed by atoms with E-state index in [-0.39, 0.29) is 0 Å². The van der Waals surface area contributed by atoms with Crippen molar-refractivity contribution in [1.82, 2.24) is 15.6 Å². The average molecular weight is 249 g/mol. The maximum Gasteiger partial charge on any atom is 0.208 e. The first-order valence-electron chi connectivity index (χ1n) is 7.21. The summed E-state index contributed by atoms with van der Waals surface area (Å²) < 4.78 is 5.51. The molecule has 18 heavy (non-hydrogen) atoms. The van der Waals surface area contributed by atoms with Crippen molar-refractivity contribution >= 4 is 0 Å². The van der Waals surface area contributed by atoms with E-state index in [1.165, 1.54) is 38.6 Å². The van der Waals surface area contributed by atoms with Crippen LogP contribution in [0.2, 0.25) is 0 Å². The van der Waals surface area contributed by atoms with Crippen LogP contribution in [-0.2, 0) is 6.54 Å². The molecular formula is C14H23N3O. The normalized spacial score (nSPS) is 32.2. The van der Waals surface area contributed by atoms with Gasteiger partial charge in [0.25, 0.3) is 0 Å². The average Bonchev–Trinajstić information content (AvgIpc) is 3.07. The highest BCUT2D eigenvalue weighted by molar-refractivity contribution is 4.95. The lowest BCUT2D eigenvalue weighted by Crippen LogP contribution is -2.41. The van der Waals surface area contributed by atoms with Crippen molar-refractivity contribution in [2.45, 2.75) is 57.7 Å². The summed E-state index contributed by atoms with van der Waals surface area (Å²) in [5.41, 5.74) is 0. The van der Waals surface area contributed by atoms with Gasteiger partial charge in [0.1, 0.15) is 5.76 Å². The lowest BCUT2D eigenvalue weighted by atomic mass is 9.93. The first-order valence-corrected chi connectivity index (χ1v) is 7.21. The van der Waals surface area contributed by atoms with Crippen molar-refractivity contribution in [3.05, 3.63) is 17.8 Å². The summed E-state index contributed by atoms with van der Waals surface area (Å²) in [5, 5.41) is 7.29. The van der Waals surface area contributed by atoms with E-state index in [9.17, 15) is 0 Å². The van der Waals surface area contributed by atoms with Crippen LogP contribution in [0, 0.1) is 12.8 Å². The van der Waals surface area contributed by atoms with Crippen LogP contribution in [0.4, 0.5) is 0 Å². The van der Waals surface area contributed by atoms with Crippen LogP contribution in [0.15, 0.2) is 10.6 Å². The third-order valence-electron chi connectivity index (χ3n) is 4.37. The molecule has 3 rings (SSSR count). The third-order valence-corrected chi connectivity index (χ3v) is 4.37. The minimum Gasteiger partial charge on any atom is -0.445 e. The summed E-state index contributed by atoms with van der Waals surface area (Å²) in [6, 6.07) is 1.36. The summed E-state index contributed by atoms with van der Waals surface area (Å²) in [6.07, 6.45) is 8.49. The van der Waals surface area contributed by atoms with E-state index in [4.69, 9.17) is 4.42 Å². The smallest absolute Gasteiger partial charge is 0.208 e. The van der Waals surface area contributed by atoms with Gasteiger partial charge in [-0.25, -0.2) is 4.98 Å². The molecule has 1 aromatic heterocycles. The van der Waals surface area contributed by atoms with Gasteiger partial charge in [0.2, 0.25) is 5.89 Å². The second kappa shape index (κ2) is 5.41. The summed E-state index contributed by atoms with van der Waals surface area (Å²) in [5.74, 6) is 2.51. The molecule has 0 aromatic carbocycles. The van der Waals surface area contributed by atoms with E-state index in [1.54, 1.807) is 6.20 Å². The van der Waals surface area contributed by atoms with Crippen LogP contribution in [0.3, 0.4) is 0 Å². The number of hydrogen-bond donors (Lipinski definition) is 2. The maximum atomic E-state index is 5.51. The van der Waals surface area contributed by atoms with Gasteiger partial charge >= 0.3 is 0 Å². The zero-order chi connectivity index (χ0) is 12.4. The molecule has 0 radical (unpaired) electrons. The van der Waals surface area contributed by atoms with Gasteiger partial charge in [0.15, 0.2) is 0 Å². The lowest BCUT2D eigenvalue weighted by molar-refractivity contribution is 0.309. The summed E-state index contributed by atoms with van der Waals surface area (Å²) >= 11 is 0. The summed E-state index contributed by atoms with van der Waals surface area (Å²) in [7, 11) is 0. The molecule has 0 amide bonds. The number of aryl methyl sites for hydroxylation is 1. The lowest BCUT2D eigenvalue weighted by Gasteiger charge is -2.26. The largest absolute Gasteiger partial charge is 0.445 e. The second-order valence-corrected chi connectivity index (χ2v) is 5.65. The van der Waals surface area contributed by atoms with Crippen molar-refractivity contribution in [2.24, 2.45) is 5.92 Å². The van der Waals surface area contributed by atoms with Crippen LogP contribution in [-0.4, -0.2) is 23.6 Å². The molecule has 2 heterocycles. The molecule has 3 atom stereocenters. The molecular weight excluding hydrogens is 226 g/mol. The zero-order valence-electron chi connectivity index (χ0n) is 11.1. The van der Waals surface area contributed by atoms with Gasteiger partial charge in [0, 0.05) is 12.1 Å². The Morgan fingerprint density at radius 3 is 3.06 bits per heavy atom. The van der Waals surface area contributed by atoms with E-state index in [0.717, 1.165) is 30.2 Å². The molecule has 2 N–H and O–H groups in total. The van der Waals surface area contributed by atoms with Crippen LogP contribution in [0.25, 0.3) is 0 Å². The highest BCUT2D eigenvalue weighted by Crippen LogP contribution is 2.32. The molecule has 1 saturated carbocycles.